The Morgan fingerprint density at radius 3 is 2.49 bits per heavy atom. The van der Waals surface area contributed by atoms with Crippen molar-refractivity contribution in [1.29, 1.82) is 0 Å². The molecule has 0 amide bonds. The number of para-hydroxylation sites is 2. The number of phenolic OH excluding ortho intramolecular Hbond substituents is 2. The van der Waals surface area contributed by atoms with Crippen molar-refractivity contribution in [3.8, 4) is 17.2 Å². The minimum Gasteiger partial charge on any atom is -0.507 e. The van der Waals surface area contributed by atoms with E-state index in [0.717, 1.165) is 11.0 Å². The van der Waals surface area contributed by atoms with Crippen LogP contribution in [0, 0.1) is 12.8 Å². The predicted octanol–water partition coefficient (Wildman–Crippen LogP) is 4.82. The van der Waals surface area contributed by atoms with Crippen molar-refractivity contribution in [2.75, 3.05) is 0 Å². The highest BCUT2D eigenvalue weighted by Crippen LogP contribution is 2.57. The van der Waals surface area contributed by atoms with Gasteiger partial charge in [-0.05, 0) is 52.2 Å². The molecule has 0 spiro atoms. The maximum atomic E-state index is 14.1. The van der Waals surface area contributed by atoms with Crippen molar-refractivity contribution >= 4 is 28.4 Å². The number of hydrogen-bond donors (Lipinski definition) is 4. The van der Waals surface area contributed by atoms with Crippen LogP contribution >= 0.6 is 0 Å². The number of aromatic hydroxyl groups is 2. The first kappa shape index (κ1) is 26.2. The number of fused-ring (bicyclic) bond motifs is 4. The Hall–Kier alpha value is -4.40. The Labute approximate surface area is 225 Å². The number of ether oxygens (including phenoxy) is 1. The second kappa shape index (κ2) is 9.11. The van der Waals surface area contributed by atoms with Gasteiger partial charge >= 0.3 is 0 Å². The van der Waals surface area contributed by atoms with E-state index in [9.17, 15) is 24.6 Å². The van der Waals surface area contributed by atoms with E-state index in [1.807, 2.05) is 24.3 Å². The van der Waals surface area contributed by atoms with Crippen LogP contribution < -0.4 is 10.1 Å². The van der Waals surface area contributed by atoms with Gasteiger partial charge in [-0.1, -0.05) is 26.0 Å². The molecule has 1 aliphatic carbocycles. The second-order valence-electron chi connectivity index (χ2n) is 10.9. The first-order chi connectivity index (χ1) is 18.4. The average molecular weight is 530 g/mol. The lowest BCUT2D eigenvalue weighted by Crippen LogP contribution is -2.41. The molecule has 5 rings (SSSR count). The summed E-state index contributed by atoms with van der Waals surface area (Å²) in [4.78, 5) is 47.9. The van der Waals surface area contributed by atoms with Crippen LogP contribution in [0.25, 0.3) is 11.0 Å². The van der Waals surface area contributed by atoms with E-state index in [2.05, 4.69) is 24.1 Å². The van der Waals surface area contributed by atoms with Crippen molar-refractivity contribution < 1.29 is 29.3 Å². The highest BCUT2D eigenvalue weighted by molar-refractivity contribution is 6.31. The molecule has 202 valence electrons. The molecule has 9 nitrogen and oxygen atoms in total. The lowest BCUT2D eigenvalue weighted by molar-refractivity contribution is -0.123. The third-order valence-electron chi connectivity index (χ3n) is 7.60. The number of nitrogens with zero attached hydrogens (tertiary/aromatic N) is 1. The lowest BCUT2D eigenvalue weighted by atomic mass is 9.70. The Balaban J connectivity index is 1.62. The van der Waals surface area contributed by atoms with Crippen molar-refractivity contribution in [1.82, 2.24) is 15.3 Å². The van der Waals surface area contributed by atoms with E-state index < -0.39 is 28.5 Å². The van der Waals surface area contributed by atoms with Gasteiger partial charge in [0.05, 0.1) is 28.2 Å². The molecule has 0 bridgehead atoms. The SMILES string of the molecule is CC(=O)c1c(O)c(C)c(O)c2c1OC1=CC(=O)C(=C(C)NC(CC(C)C)c3nc4ccccc4[nH]3)C(=O)C12C. The molecule has 1 aromatic heterocycles. The Kier molecular flexibility index (Phi) is 6.13. The number of imidazole rings is 1. The fraction of sp³-hybridized carbons (Fsp3) is 0.333. The maximum absolute atomic E-state index is 14.1. The molecule has 0 saturated heterocycles. The number of aromatic nitrogens is 2. The van der Waals surface area contributed by atoms with Gasteiger partial charge in [0.1, 0.15) is 39.8 Å². The Bertz CT molecular complexity index is 1610. The van der Waals surface area contributed by atoms with Crippen LogP contribution in [0.2, 0.25) is 0 Å². The number of rotatable bonds is 6. The summed E-state index contributed by atoms with van der Waals surface area (Å²) in [6.07, 6.45) is 1.90. The van der Waals surface area contributed by atoms with Crippen molar-refractivity contribution in [3.63, 3.8) is 0 Å². The smallest absolute Gasteiger partial charge is 0.194 e. The summed E-state index contributed by atoms with van der Waals surface area (Å²) in [6, 6.07) is 7.36. The number of H-pyrrole nitrogens is 1. The van der Waals surface area contributed by atoms with Gasteiger partial charge in [-0.15, -0.1) is 0 Å². The van der Waals surface area contributed by atoms with Crippen LogP contribution in [0.4, 0.5) is 0 Å². The number of carbonyl (C=O) groups is 3. The number of nitrogens with one attached hydrogen (secondary N) is 2. The van der Waals surface area contributed by atoms with Gasteiger partial charge in [0.15, 0.2) is 17.3 Å². The lowest BCUT2D eigenvalue weighted by Gasteiger charge is -2.30. The molecular formula is C30H31N3O6. The van der Waals surface area contributed by atoms with Gasteiger partial charge in [0, 0.05) is 17.3 Å². The van der Waals surface area contributed by atoms with Crippen LogP contribution in [0.5, 0.6) is 17.2 Å². The van der Waals surface area contributed by atoms with Gasteiger partial charge in [0.2, 0.25) is 0 Å². The molecule has 2 unspecified atom stereocenters. The minimum atomic E-state index is -1.57. The van der Waals surface area contributed by atoms with Gasteiger partial charge < -0.3 is 25.3 Å². The zero-order valence-corrected chi connectivity index (χ0v) is 22.7. The number of allylic oxidation sites excluding steroid dienone is 4. The molecule has 3 aromatic rings. The first-order valence-electron chi connectivity index (χ1n) is 12.9. The van der Waals surface area contributed by atoms with Crippen LogP contribution in [0.1, 0.15) is 74.4 Å². The molecule has 2 heterocycles. The minimum absolute atomic E-state index is 0.00265. The molecule has 4 N–H and O–H groups in total. The molecule has 2 atom stereocenters. The van der Waals surface area contributed by atoms with E-state index in [0.29, 0.717) is 17.9 Å². The molecule has 2 aromatic carbocycles. The first-order valence-corrected chi connectivity index (χ1v) is 12.9. The molecule has 0 saturated carbocycles. The van der Waals surface area contributed by atoms with Crippen molar-refractivity contribution in [3.05, 3.63) is 69.9 Å². The number of aromatic amines is 1. The molecule has 0 radical (unpaired) electrons. The van der Waals surface area contributed by atoms with Gasteiger partial charge in [-0.2, -0.15) is 0 Å². The van der Waals surface area contributed by atoms with Crippen LogP contribution in [-0.4, -0.2) is 37.5 Å². The summed E-state index contributed by atoms with van der Waals surface area (Å²) >= 11 is 0. The summed E-state index contributed by atoms with van der Waals surface area (Å²) in [7, 11) is 0. The zero-order chi connectivity index (χ0) is 28.4. The van der Waals surface area contributed by atoms with Gasteiger partial charge in [-0.3, -0.25) is 14.4 Å². The van der Waals surface area contributed by atoms with E-state index in [-0.39, 0.29) is 51.5 Å². The van der Waals surface area contributed by atoms with E-state index in [1.165, 1.54) is 19.9 Å². The highest BCUT2D eigenvalue weighted by Gasteiger charge is 2.56. The van der Waals surface area contributed by atoms with Gasteiger partial charge in [0.25, 0.3) is 0 Å². The Morgan fingerprint density at radius 1 is 1.15 bits per heavy atom. The van der Waals surface area contributed by atoms with E-state index in [1.54, 1.807) is 13.8 Å². The quantitative estimate of drug-likeness (QED) is 0.202. The number of Topliss-reactive ketones (excluding diaryl/α,β-unsaturated/α-hetero) is 2. The average Bonchev–Trinajstić information content (AvgIpc) is 3.41. The molecule has 39 heavy (non-hydrogen) atoms. The number of ketones is 3. The van der Waals surface area contributed by atoms with Crippen molar-refractivity contribution in [2.45, 2.75) is 59.4 Å². The second-order valence-corrected chi connectivity index (χ2v) is 10.9. The summed E-state index contributed by atoms with van der Waals surface area (Å²) in [5, 5.41) is 24.9. The third kappa shape index (κ3) is 3.91. The maximum Gasteiger partial charge on any atom is 0.194 e. The van der Waals surface area contributed by atoms with Crippen molar-refractivity contribution in [2.24, 2.45) is 5.92 Å². The van der Waals surface area contributed by atoms with Crippen LogP contribution in [-0.2, 0) is 15.0 Å². The third-order valence-corrected chi connectivity index (χ3v) is 7.60. The summed E-state index contributed by atoms with van der Waals surface area (Å²) in [5.74, 6) is -1.53. The van der Waals surface area contributed by atoms with E-state index >= 15 is 0 Å². The fourth-order valence-electron chi connectivity index (χ4n) is 5.54. The molecule has 2 aliphatic rings. The normalized spacial score (nSPS) is 20.4. The molecule has 0 fully saturated rings. The summed E-state index contributed by atoms with van der Waals surface area (Å²) < 4.78 is 5.85. The predicted molar refractivity (Wildman–Crippen MR) is 145 cm³/mol. The Morgan fingerprint density at radius 2 is 1.85 bits per heavy atom. The summed E-state index contributed by atoms with van der Waals surface area (Å²) in [6.45, 7) is 10.1. The number of carbonyl (C=O) groups excluding carboxylic acids is 3. The summed E-state index contributed by atoms with van der Waals surface area (Å²) in [5.41, 5.74) is 0.396. The number of hydrogen-bond acceptors (Lipinski definition) is 8. The molecule has 9 heteroatoms. The fourth-order valence-corrected chi connectivity index (χ4v) is 5.54. The van der Waals surface area contributed by atoms with Crippen LogP contribution in [0.3, 0.4) is 0 Å². The largest absolute Gasteiger partial charge is 0.507 e. The van der Waals surface area contributed by atoms with E-state index in [4.69, 9.17) is 9.72 Å². The van der Waals surface area contributed by atoms with Crippen LogP contribution in [0.15, 0.2) is 47.4 Å². The zero-order valence-electron chi connectivity index (χ0n) is 22.7. The van der Waals surface area contributed by atoms with Gasteiger partial charge in [-0.25, -0.2) is 4.98 Å². The standard InChI is InChI=1S/C30H31N3O6/c1-13(2)11-19(29-32-17-9-7-8-10-18(17)33-29)31-15(4)22-20(35)12-21-30(6,28(22)38)24-26(37)14(3)25(36)23(16(5)34)27(24)39-21/h7-10,12-13,19,31,36-37H,11H2,1-6H3,(H,32,33). The number of benzene rings is 2. The highest BCUT2D eigenvalue weighted by atomic mass is 16.5. The monoisotopic (exact) mass is 529 g/mol. The number of phenols is 2. The topological polar surface area (TPSA) is 142 Å². The molecular weight excluding hydrogens is 498 g/mol. The molecule has 1 aliphatic heterocycles.